The Hall–Kier alpha value is -3.47. The zero-order chi connectivity index (χ0) is 18.5. The van der Waals surface area contributed by atoms with Crippen molar-refractivity contribution in [2.45, 2.75) is 0 Å². The van der Waals surface area contributed by atoms with Crippen molar-refractivity contribution in [3.05, 3.63) is 84.8 Å². The van der Waals surface area contributed by atoms with Gasteiger partial charge >= 0.3 is 0 Å². The van der Waals surface area contributed by atoms with Gasteiger partial charge in [0, 0.05) is 31.0 Å². The summed E-state index contributed by atoms with van der Waals surface area (Å²) < 4.78 is 0. The predicted molar refractivity (Wildman–Crippen MR) is 105 cm³/mol. The molecule has 2 aromatic carbocycles. The van der Waals surface area contributed by atoms with Gasteiger partial charge < -0.3 is 10.2 Å². The smallest absolute Gasteiger partial charge is 0.275 e. The van der Waals surface area contributed by atoms with Gasteiger partial charge in [-0.2, -0.15) is 0 Å². The number of nitrogens with zero attached hydrogens (tertiary/aromatic N) is 3. The van der Waals surface area contributed by atoms with Crippen molar-refractivity contribution >= 4 is 17.3 Å². The summed E-state index contributed by atoms with van der Waals surface area (Å²) in [6.45, 7) is 4.05. The summed E-state index contributed by atoms with van der Waals surface area (Å²) >= 11 is 0. The largest absolute Gasteiger partial charge is 0.378 e. The van der Waals surface area contributed by atoms with Gasteiger partial charge in [-0.25, -0.2) is 4.98 Å². The van der Waals surface area contributed by atoms with E-state index in [-0.39, 0.29) is 11.6 Å². The van der Waals surface area contributed by atoms with Crippen LogP contribution in [-0.2, 0) is 0 Å². The molecule has 130 valence electrons. The highest BCUT2D eigenvalue weighted by atomic mass is 16.1. The van der Waals surface area contributed by atoms with Crippen LogP contribution in [0.2, 0.25) is 0 Å². The molecule has 0 radical (unpaired) electrons. The lowest BCUT2D eigenvalue weighted by Crippen LogP contribution is -2.14. The molecule has 0 unspecified atom stereocenters. The van der Waals surface area contributed by atoms with E-state index in [1.165, 1.54) is 6.20 Å². The Morgan fingerprint density at radius 2 is 1.69 bits per heavy atom. The van der Waals surface area contributed by atoms with Gasteiger partial charge in [0.2, 0.25) is 0 Å². The second-order valence-electron chi connectivity index (χ2n) is 6.03. The second kappa shape index (κ2) is 7.61. The van der Waals surface area contributed by atoms with Gasteiger partial charge in [0.25, 0.3) is 5.91 Å². The first-order valence-corrected chi connectivity index (χ1v) is 8.20. The van der Waals surface area contributed by atoms with Crippen LogP contribution in [0.25, 0.3) is 17.0 Å². The first-order valence-electron chi connectivity index (χ1n) is 8.20. The van der Waals surface area contributed by atoms with Crippen molar-refractivity contribution < 1.29 is 4.79 Å². The monoisotopic (exact) mass is 344 g/mol. The molecule has 0 atom stereocenters. The van der Waals surface area contributed by atoms with Crippen molar-refractivity contribution in [2.24, 2.45) is 0 Å². The maximum Gasteiger partial charge on any atom is 0.275 e. The minimum Gasteiger partial charge on any atom is -0.378 e. The van der Waals surface area contributed by atoms with Crippen LogP contribution in [0.3, 0.4) is 0 Å². The molecular weight excluding hydrogens is 324 g/mol. The average molecular weight is 344 g/mol. The Morgan fingerprint density at radius 1 is 1.00 bits per heavy atom. The van der Waals surface area contributed by atoms with Crippen LogP contribution in [0.4, 0.5) is 5.69 Å². The van der Waals surface area contributed by atoms with E-state index >= 15 is 0 Å². The number of carbonyl (C=O) groups excluding carboxylic acids is 1. The van der Waals surface area contributed by atoms with Crippen LogP contribution in [0, 0.1) is 0 Å². The molecule has 0 saturated heterocycles. The Kier molecular flexibility index (Phi) is 5.08. The minimum atomic E-state index is -0.289. The SMILES string of the molecule is C=C(c1ccc(-c2cncc(C(=O)Nc3ccccc3)n2)cc1)N(C)C. The standard InChI is InChI=1S/C21H20N4O/c1-15(25(2)3)16-9-11-17(12-10-16)19-13-22-14-20(24-19)21(26)23-18-7-5-4-6-8-18/h4-14H,1H2,2-3H3,(H,23,26). The van der Waals surface area contributed by atoms with Crippen LogP contribution in [0.1, 0.15) is 16.1 Å². The number of nitrogens with one attached hydrogen (secondary N) is 1. The number of hydrogen-bond acceptors (Lipinski definition) is 4. The van der Waals surface area contributed by atoms with Crippen LogP contribution in [-0.4, -0.2) is 34.9 Å². The molecule has 26 heavy (non-hydrogen) atoms. The first kappa shape index (κ1) is 17.4. The number of para-hydroxylation sites is 1. The normalized spacial score (nSPS) is 10.2. The molecule has 0 aliphatic rings. The van der Waals surface area contributed by atoms with Gasteiger partial charge in [-0.3, -0.25) is 9.78 Å². The topological polar surface area (TPSA) is 58.1 Å². The van der Waals surface area contributed by atoms with Crippen LogP contribution < -0.4 is 5.32 Å². The Labute approximate surface area is 153 Å². The van der Waals surface area contributed by atoms with E-state index in [2.05, 4.69) is 21.9 Å². The highest BCUT2D eigenvalue weighted by Gasteiger charge is 2.10. The molecule has 1 N–H and O–H groups in total. The third-order valence-electron chi connectivity index (χ3n) is 3.95. The molecule has 0 bridgehead atoms. The molecule has 0 spiro atoms. The Morgan fingerprint density at radius 3 is 2.35 bits per heavy atom. The molecule has 0 aliphatic carbocycles. The first-order chi connectivity index (χ1) is 12.5. The van der Waals surface area contributed by atoms with E-state index in [1.54, 1.807) is 6.20 Å². The lowest BCUT2D eigenvalue weighted by molar-refractivity contribution is 0.102. The van der Waals surface area contributed by atoms with Crippen LogP contribution in [0.5, 0.6) is 0 Å². The summed E-state index contributed by atoms with van der Waals surface area (Å²) in [5, 5.41) is 2.81. The van der Waals surface area contributed by atoms with Crippen molar-refractivity contribution in [1.29, 1.82) is 0 Å². The fourth-order valence-electron chi connectivity index (χ4n) is 2.42. The number of aromatic nitrogens is 2. The van der Waals surface area contributed by atoms with Crippen LogP contribution in [0.15, 0.2) is 73.6 Å². The molecule has 0 aliphatic heterocycles. The second-order valence-corrected chi connectivity index (χ2v) is 6.03. The van der Waals surface area contributed by atoms with Gasteiger partial charge in [0.15, 0.2) is 0 Å². The summed E-state index contributed by atoms with van der Waals surface area (Å²) in [4.78, 5) is 22.9. The lowest BCUT2D eigenvalue weighted by Gasteiger charge is -2.16. The van der Waals surface area contributed by atoms with E-state index < -0.39 is 0 Å². The number of benzene rings is 2. The van der Waals surface area contributed by atoms with E-state index in [0.717, 1.165) is 22.5 Å². The third kappa shape index (κ3) is 3.95. The van der Waals surface area contributed by atoms with Crippen molar-refractivity contribution in [3.8, 4) is 11.3 Å². The molecule has 5 nitrogen and oxygen atoms in total. The fourth-order valence-corrected chi connectivity index (χ4v) is 2.42. The molecule has 3 rings (SSSR count). The van der Waals surface area contributed by atoms with Crippen molar-refractivity contribution in [3.63, 3.8) is 0 Å². The molecule has 0 saturated carbocycles. The van der Waals surface area contributed by atoms with E-state index in [4.69, 9.17) is 0 Å². The van der Waals surface area contributed by atoms with E-state index in [9.17, 15) is 4.79 Å². The van der Waals surface area contributed by atoms with Gasteiger partial charge in [0.05, 0.1) is 18.1 Å². The van der Waals surface area contributed by atoms with Gasteiger partial charge in [-0.15, -0.1) is 0 Å². The maximum absolute atomic E-state index is 12.4. The van der Waals surface area contributed by atoms with Gasteiger partial charge in [-0.05, 0) is 17.7 Å². The maximum atomic E-state index is 12.4. The summed E-state index contributed by atoms with van der Waals surface area (Å²) in [7, 11) is 3.91. The number of rotatable bonds is 5. The molecule has 3 aromatic rings. The summed E-state index contributed by atoms with van der Waals surface area (Å²) in [6, 6.07) is 17.1. The molecule has 0 fully saturated rings. The quantitative estimate of drug-likeness (QED) is 0.762. The lowest BCUT2D eigenvalue weighted by atomic mass is 10.1. The molecule has 1 aromatic heterocycles. The van der Waals surface area contributed by atoms with Crippen molar-refractivity contribution in [1.82, 2.24) is 14.9 Å². The number of hydrogen-bond donors (Lipinski definition) is 1. The Bertz CT molecular complexity index is 918. The number of anilines is 1. The highest BCUT2D eigenvalue weighted by molar-refractivity contribution is 6.02. The summed E-state index contributed by atoms with van der Waals surface area (Å²) in [6.07, 6.45) is 3.11. The molecule has 5 heteroatoms. The molecule has 1 heterocycles. The zero-order valence-corrected chi connectivity index (χ0v) is 14.8. The van der Waals surface area contributed by atoms with E-state index in [0.29, 0.717) is 5.69 Å². The third-order valence-corrected chi connectivity index (χ3v) is 3.95. The van der Waals surface area contributed by atoms with E-state index in [1.807, 2.05) is 73.6 Å². The number of carbonyl (C=O) groups is 1. The van der Waals surface area contributed by atoms with Crippen molar-refractivity contribution in [2.75, 3.05) is 19.4 Å². The number of amides is 1. The summed E-state index contributed by atoms with van der Waals surface area (Å²) in [5.74, 6) is -0.289. The highest BCUT2D eigenvalue weighted by Crippen LogP contribution is 2.21. The van der Waals surface area contributed by atoms with Gasteiger partial charge in [-0.1, -0.05) is 49.0 Å². The molecular formula is C21H20N4O. The predicted octanol–water partition coefficient (Wildman–Crippen LogP) is 3.93. The van der Waals surface area contributed by atoms with Crippen LogP contribution >= 0.6 is 0 Å². The Balaban J connectivity index is 1.81. The zero-order valence-electron chi connectivity index (χ0n) is 14.8. The molecule has 1 amide bonds. The van der Waals surface area contributed by atoms with Gasteiger partial charge in [0.1, 0.15) is 5.69 Å². The average Bonchev–Trinajstić information content (AvgIpc) is 2.68. The minimum absolute atomic E-state index is 0.271. The summed E-state index contributed by atoms with van der Waals surface area (Å²) in [5.41, 5.74) is 4.49. The fraction of sp³-hybridized carbons (Fsp3) is 0.0952.